The van der Waals surface area contributed by atoms with Crippen LogP contribution in [0.25, 0.3) is 0 Å². The van der Waals surface area contributed by atoms with Gasteiger partial charge in [0, 0.05) is 30.8 Å². The zero-order valence-corrected chi connectivity index (χ0v) is 17.6. The molecule has 152 valence electrons. The van der Waals surface area contributed by atoms with Crippen molar-refractivity contribution < 1.29 is 14.4 Å². The molecule has 0 bridgehead atoms. The van der Waals surface area contributed by atoms with Gasteiger partial charge in [-0.1, -0.05) is 23.7 Å². The summed E-state index contributed by atoms with van der Waals surface area (Å²) in [6, 6.07) is 14.6. The predicted molar refractivity (Wildman–Crippen MR) is 113 cm³/mol. The Morgan fingerprint density at radius 3 is 2.14 bits per heavy atom. The average molecular weight is 414 g/mol. The van der Waals surface area contributed by atoms with Crippen molar-refractivity contribution in [2.24, 2.45) is 5.92 Å². The van der Waals surface area contributed by atoms with Crippen LogP contribution in [0.3, 0.4) is 0 Å². The summed E-state index contributed by atoms with van der Waals surface area (Å²) < 4.78 is 0. The van der Waals surface area contributed by atoms with E-state index in [2.05, 4.69) is 0 Å². The SMILES string of the molecule is CC(C)N1C(=O)[C@H]2[C@H](ON(c3ccc(Cl)cc3)[C@H]2c2ccc(N(C)C)cc2)C1=O. The van der Waals surface area contributed by atoms with Gasteiger partial charge < -0.3 is 4.90 Å². The topological polar surface area (TPSA) is 53.1 Å². The largest absolute Gasteiger partial charge is 0.378 e. The first-order valence-corrected chi connectivity index (χ1v) is 10.0. The van der Waals surface area contributed by atoms with E-state index in [9.17, 15) is 9.59 Å². The van der Waals surface area contributed by atoms with Crippen molar-refractivity contribution in [2.75, 3.05) is 24.1 Å². The van der Waals surface area contributed by atoms with Crippen molar-refractivity contribution in [3.05, 3.63) is 59.1 Å². The highest BCUT2D eigenvalue weighted by molar-refractivity contribution is 6.30. The first kappa shape index (κ1) is 19.7. The molecule has 2 fully saturated rings. The van der Waals surface area contributed by atoms with E-state index in [1.165, 1.54) is 4.90 Å². The monoisotopic (exact) mass is 413 g/mol. The molecule has 2 aliphatic rings. The Kier molecular flexibility index (Phi) is 5.00. The van der Waals surface area contributed by atoms with Crippen molar-refractivity contribution in [3.8, 4) is 0 Å². The maximum Gasteiger partial charge on any atom is 0.262 e. The van der Waals surface area contributed by atoms with E-state index in [4.69, 9.17) is 16.4 Å². The average Bonchev–Trinajstić information content (AvgIpc) is 3.19. The molecule has 0 spiro atoms. The minimum atomic E-state index is -0.820. The third-order valence-electron chi connectivity index (χ3n) is 5.50. The fourth-order valence-corrected chi connectivity index (χ4v) is 4.19. The van der Waals surface area contributed by atoms with Crippen molar-refractivity contribution >= 4 is 34.8 Å². The molecule has 29 heavy (non-hydrogen) atoms. The highest BCUT2D eigenvalue weighted by atomic mass is 35.5. The van der Waals surface area contributed by atoms with Crippen LogP contribution in [0.5, 0.6) is 0 Å². The number of imide groups is 1. The molecule has 0 N–H and O–H groups in total. The number of likely N-dealkylation sites (tertiary alicyclic amines) is 1. The van der Waals surface area contributed by atoms with Crippen molar-refractivity contribution in [2.45, 2.75) is 32.0 Å². The number of amides is 2. The number of carbonyl (C=O) groups excluding carboxylic acids is 2. The second kappa shape index (κ2) is 7.35. The lowest BCUT2D eigenvalue weighted by atomic mass is 9.90. The molecule has 0 aromatic heterocycles. The van der Waals surface area contributed by atoms with Gasteiger partial charge in [-0.25, -0.2) is 5.06 Å². The van der Waals surface area contributed by atoms with Crippen LogP contribution in [0.15, 0.2) is 48.5 Å². The Balaban J connectivity index is 1.78. The van der Waals surface area contributed by atoms with Crippen LogP contribution >= 0.6 is 11.6 Å². The summed E-state index contributed by atoms with van der Waals surface area (Å²) in [6.45, 7) is 3.68. The summed E-state index contributed by atoms with van der Waals surface area (Å²) in [5, 5.41) is 2.29. The number of benzene rings is 2. The molecule has 0 saturated carbocycles. The van der Waals surface area contributed by atoms with Gasteiger partial charge in [0.2, 0.25) is 5.91 Å². The number of hydrogen-bond donors (Lipinski definition) is 0. The quantitative estimate of drug-likeness (QED) is 0.716. The Labute approximate surface area is 175 Å². The number of nitrogens with zero attached hydrogens (tertiary/aromatic N) is 3. The summed E-state index contributed by atoms with van der Waals surface area (Å²) in [6.07, 6.45) is -0.820. The molecule has 2 amide bonds. The predicted octanol–water partition coefficient (Wildman–Crippen LogP) is 3.66. The van der Waals surface area contributed by atoms with Gasteiger partial charge in [0.1, 0.15) is 5.92 Å². The smallest absolute Gasteiger partial charge is 0.262 e. The number of carbonyl (C=O) groups is 2. The molecule has 2 aliphatic heterocycles. The molecule has 7 heteroatoms. The van der Waals surface area contributed by atoms with Crippen LogP contribution in [-0.2, 0) is 14.4 Å². The molecular formula is C22H24ClN3O3. The van der Waals surface area contributed by atoms with E-state index in [-0.39, 0.29) is 17.9 Å². The van der Waals surface area contributed by atoms with E-state index >= 15 is 0 Å². The fourth-order valence-electron chi connectivity index (χ4n) is 4.07. The molecule has 0 unspecified atom stereocenters. The number of hydroxylamine groups is 1. The van der Waals surface area contributed by atoms with Crippen molar-refractivity contribution in [1.29, 1.82) is 0 Å². The Morgan fingerprint density at radius 2 is 1.59 bits per heavy atom. The number of hydrogen-bond acceptors (Lipinski definition) is 5. The van der Waals surface area contributed by atoms with Crippen LogP contribution in [0.2, 0.25) is 5.02 Å². The second-order valence-electron chi connectivity index (χ2n) is 7.93. The van der Waals surface area contributed by atoms with E-state index < -0.39 is 18.1 Å². The molecule has 0 aliphatic carbocycles. The molecule has 3 atom stereocenters. The van der Waals surface area contributed by atoms with Gasteiger partial charge in [0.05, 0.1) is 11.7 Å². The molecule has 2 heterocycles. The van der Waals surface area contributed by atoms with Gasteiger partial charge in [-0.05, 0) is 55.8 Å². The number of rotatable bonds is 4. The van der Waals surface area contributed by atoms with Crippen molar-refractivity contribution in [3.63, 3.8) is 0 Å². The maximum absolute atomic E-state index is 13.2. The highest BCUT2D eigenvalue weighted by Crippen LogP contribution is 2.47. The summed E-state index contributed by atoms with van der Waals surface area (Å²) in [5.74, 6) is -1.06. The minimum Gasteiger partial charge on any atom is -0.378 e. The lowest BCUT2D eigenvalue weighted by molar-refractivity contribution is -0.145. The molecule has 4 rings (SSSR count). The van der Waals surface area contributed by atoms with Gasteiger partial charge in [-0.2, -0.15) is 0 Å². The van der Waals surface area contributed by atoms with E-state index in [1.54, 1.807) is 17.2 Å². The lowest BCUT2D eigenvalue weighted by Gasteiger charge is -2.30. The highest BCUT2D eigenvalue weighted by Gasteiger charge is 2.60. The zero-order valence-electron chi connectivity index (χ0n) is 16.9. The minimum absolute atomic E-state index is 0.187. The molecule has 2 saturated heterocycles. The summed E-state index contributed by atoms with van der Waals surface area (Å²) in [5.41, 5.74) is 2.73. The van der Waals surface area contributed by atoms with E-state index in [1.807, 2.05) is 69.2 Å². The van der Waals surface area contributed by atoms with Gasteiger partial charge in [0.25, 0.3) is 5.91 Å². The first-order chi connectivity index (χ1) is 13.8. The van der Waals surface area contributed by atoms with E-state index in [0.29, 0.717) is 5.02 Å². The Hall–Kier alpha value is -2.57. The van der Waals surface area contributed by atoms with Gasteiger partial charge >= 0.3 is 0 Å². The van der Waals surface area contributed by atoms with Gasteiger partial charge in [-0.3, -0.25) is 19.3 Å². The third-order valence-corrected chi connectivity index (χ3v) is 5.75. The van der Waals surface area contributed by atoms with Gasteiger partial charge in [0.15, 0.2) is 6.10 Å². The van der Waals surface area contributed by atoms with Crippen LogP contribution in [0.1, 0.15) is 25.5 Å². The Morgan fingerprint density at radius 1 is 0.966 bits per heavy atom. The molecule has 2 aromatic carbocycles. The van der Waals surface area contributed by atoms with Crippen molar-refractivity contribution in [1.82, 2.24) is 4.90 Å². The maximum atomic E-state index is 13.2. The van der Waals surface area contributed by atoms with Gasteiger partial charge in [-0.15, -0.1) is 0 Å². The van der Waals surface area contributed by atoms with E-state index in [0.717, 1.165) is 16.9 Å². The van der Waals surface area contributed by atoms with Crippen LogP contribution in [-0.4, -0.2) is 43.0 Å². The third kappa shape index (κ3) is 3.26. The normalized spacial score (nSPS) is 23.9. The summed E-state index contributed by atoms with van der Waals surface area (Å²) in [7, 11) is 3.95. The lowest BCUT2D eigenvalue weighted by Crippen LogP contribution is -2.41. The van der Waals surface area contributed by atoms with Crippen LogP contribution in [0, 0.1) is 5.92 Å². The number of anilines is 2. The van der Waals surface area contributed by atoms with Crippen LogP contribution in [0.4, 0.5) is 11.4 Å². The standard InChI is InChI=1S/C22H24ClN3O3/c1-13(2)25-21(27)18-19(14-5-9-16(10-6-14)24(3)4)26(29-20(18)22(25)28)17-11-7-15(23)8-12-17/h5-13,18-20H,1-4H3/t18-,19+,20+/m1/s1. The summed E-state index contributed by atoms with van der Waals surface area (Å²) >= 11 is 6.04. The molecule has 6 nitrogen and oxygen atoms in total. The second-order valence-corrected chi connectivity index (χ2v) is 8.36. The Bertz CT molecular complexity index is 927. The first-order valence-electron chi connectivity index (χ1n) is 9.65. The summed E-state index contributed by atoms with van der Waals surface area (Å²) in [4.78, 5) is 35.5. The molecule has 2 aromatic rings. The molecular weight excluding hydrogens is 390 g/mol. The van der Waals surface area contributed by atoms with Crippen LogP contribution < -0.4 is 9.96 Å². The number of halogens is 1. The molecule has 0 radical (unpaired) electrons. The zero-order chi connectivity index (χ0) is 20.9. The fraction of sp³-hybridized carbons (Fsp3) is 0.364. The number of fused-ring (bicyclic) bond motifs is 1.